The van der Waals surface area contributed by atoms with Crippen LogP contribution in [-0.4, -0.2) is 43.2 Å². The van der Waals surface area contributed by atoms with Gasteiger partial charge in [-0.15, -0.1) is 0 Å². The third-order valence-electron chi connectivity index (χ3n) is 4.69. The SMILES string of the molecule is CCOc1ccc(C(=O)N2CCC(Oc3cc(C)oc(=O)c3)CC2)cc1OCC. The molecule has 0 atom stereocenters. The number of aryl methyl sites for hydroxylation is 1. The van der Waals surface area contributed by atoms with Crippen molar-refractivity contribution < 1.29 is 23.4 Å². The largest absolute Gasteiger partial charge is 0.490 e. The zero-order valence-corrected chi connectivity index (χ0v) is 17.1. The molecule has 1 aromatic carbocycles. The highest BCUT2D eigenvalue weighted by atomic mass is 16.5. The van der Waals surface area contributed by atoms with E-state index in [9.17, 15) is 9.59 Å². The van der Waals surface area contributed by atoms with Crippen molar-refractivity contribution in [2.24, 2.45) is 0 Å². The number of hydrogen-bond donors (Lipinski definition) is 0. The van der Waals surface area contributed by atoms with Crippen LogP contribution < -0.4 is 19.8 Å². The number of hydrogen-bond acceptors (Lipinski definition) is 6. The molecule has 1 amide bonds. The van der Waals surface area contributed by atoms with Gasteiger partial charge in [-0.1, -0.05) is 0 Å². The van der Waals surface area contributed by atoms with E-state index in [0.717, 1.165) is 0 Å². The molecule has 0 bridgehead atoms. The molecule has 0 saturated carbocycles. The molecular weight excluding hydrogens is 374 g/mol. The topological polar surface area (TPSA) is 78.2 Å². The summed E-state index contributed by atoms with van der Waals surface area (Å²) in [5.41, 5.74) is 0.153. The summed E-state index contributed by atoms with van der Waals surface area (Å²) in [5.74, 6) is 2.21. The highest BCUT2D eigenvalue weighted by Crippen LogP contribution is 2.29. The predicted octanol–water partition coefficient (Wildman–Crippen LogP) is 3.43. The van der Waals surface area contributed by atoms with E-state index < -0.39 is 5.63 Å². The molecule has 2 aromatic rings. The monoisotopic (exact) mass is 401 g/mol. The smallest absolute Gasteiger partial charge is 0.339 e. The summed E-state index contributed by atoms with van der Waals surface area (Å²) < 4.78 is 22.0. The molecule has 1 aliphatic heterocycles. The number of rotatable bonds is 7. The van der Waals surface area contributed by atoms with E-state index in [1.807, 2.05) is 18.7 Å². The second-order valence-electron chi connectivity index (χ2n) is 6.86. The Labute approximate surface area is 170 Å². The van der Waals surface area contributed by atoms with Gasteiger partial charge in [-0.3, -0.25) is 4.79 Å². The van der Waals surface area contributed by atoms with E-state index in [0.29, 0.717) is 67.7 Å². The molecule has 0 unspecified atom stereocenters. The molecule has 1 saturated heterocycles. The van der Waals surface area contributed by atoms with Gasteiger partial charge < -0.3 is 23.5 Å². The summed E-state index contributed by atoms with van der Waals surface area (Å²) in [6, 6.07) is 8.34. The molecule has 7 nitrogen and oxygen atoms in total. The fourth-order valence-corrected chi connectivity index (χ4v) is 3.38. The molecule has 29 heavy (non-hydrogen) atoms. The van der Waals surface area contributed by atoms with Crippen LogP contribution in [0.3, 0.4) is 0 Å². The van der Waals surface area contributed by atoms with Crippen LogP contribution in [0.5, 0.6) is 17.2 Å². The third-order valence-corrected chi connectivity index (χ3v) is 4.69. The molecule has 0 spiro atoms. The van der Waals surface area contributed by atoms with Crippen LogP contribution in [0.4, 0.5) is 0 Å². The number of amides is 1. The molecule has 3 rings (SSSR count). The van der Waals surface area contributed by atoms with E-state index in [1.54, 1.807) is 31.2 Å². The Morgan fingerprint density at radius 2 is 1.76 bits per heavy atom. The maximum atomic E-state index is 12.9. The first-order valence-corrected chi connectivity index (χ1v) is 9.97. The second-order valence-corrected chi connectivity index (χ2v) is 6.86. The fraction of sp³-hybridized carbons (Fsp3) is 0.455. The van der Waals surface area contributed by atoms with Gasteiger partial charge >= 0.3 is 5.63 Å². The van der Waals surface area contributed by atoms with Gasteiger partial charge in [-0.2, -0.15) is 0 Å². The van der Waals surface area contributed by atoms with Crippen molar-refractivity contribution in [2.75, 3.05) is 26.3 Å². The van der Waals surface area contributed by atoms with Gasteiger partial charge in [0.05, 0.1) is 19.3 Å². The minimum atomic E-state index is -0.423. The minimum absolute atomic E-state index is 0.0383. The summed E-state index contributed by atoms with van der Waals surface area (Å²) in [6.45, 7) is 7.71. The molecule has 156 valence electrons. The van der Waals surface area contributed by atoms with E-state index in [4.69, 9.17) is 18.6 Å². The average molecular weight is 401 g/mol. The Bertz CT molecular complexity index is 898. The van der Waals surface area contributed by atoms with Gasteiger partial charge in [0.2, 0.25) is 0 Å². The van der Waals surface area contributed by atoms with Crippen LogP contribution in [0.2, 0.25) is 0 Å². The van der Waals surface area contributed by atoms with E-state index in [1.165, 1.54) is 6.07 Å². The zero-order valence-electron chi connectivity index (χ0n) is 17.1. The van der Waals surface area contributed by atoms with Gasteiger partial charge in [0.1, 0.15) is 17.6 Å². The first-order chi connectivity index (χ1) is 14.0. The van der Waals surface area contributed by atoms with Gasteiger partial charge in [0.25, 0.3) is 5.91 Å². The highest BCUT2D eigenvalue weighted by molar-refractivity contribution is 5.95. The van der Waals surface area contributed by atoms with Crippen LogP contribution in [0.15, 0.2) is 39.5 Å². The third kappa shape index (κ3) is 5.31. The molecule has 1 fully saturated rings. The zero-order chi connectivity index (χ0) is 20.8. The Morgan fingerprint density at radius 3 is 2.41 bits per heavy atom. The van der Waals surface area contributed by atoms with Crippen molar-refractivity contribution in [2.45, 2.75) is 39.7 Å². The van der Waals surface area contributed by atoms with Crippen LogP contribution in [0.25, 0.3) is 0 Å². The predicted molar refractivity (Wildman–Crippen MR) is 108 cm³/mol. The van der Waals surface area contributed by atoms with Crippen molar-refractivity contribution in [1.29, 1.82) is 0 Å². The summed E-state index contributed by atoms with van der Waals surface area (Å²) in [7, 11) is 0. The number of nitrogens with zero attached hydrogens (tertiary/aromatic N) is 1. The van der Waals surface area contributed by atoms with Gasteiger partial charge in [0.15, 0.2) is 11.5 Å². The van der Waals surface area contributed by atoms with Crippen molar-refractivity contribution in [3.05, 3.63) is 52.1 Å². The average Bonchev–Trinajstić information content (AvgIpc) is 2.69. The van der Waals surface area contributed by atoms with E-state index in [2.05, 4.69) is 0 Å². The molecule has 0 radical (unpaired) electrons. The highest BCUT2D eigenvalue weighted by Gasteiger charge is 2.25. The van der Waals surface area contributed by atoms with Gasteiger partial charge in [-0.25, -0.2) is 4.79 Å². The summed E-state index contributed by atoms with van der Waals surface area (Å²) >= 11 is 0. The number of ether oxygens (including phenoxy) is 3. The number of carbonyl (C=O) groups is 1. The lowest BCUT2D eigenvalue weighted by atomic mass is 10.1. The molecule has 0 aliphatic carbocycles. The Balaban J connectivity index is 1.62. The normalized spacial score (nSPS) is 14.5. The van der Waals surface area contributed by atoms with E-state index >= 15 is 0 Å². The maximum Gasteiger partial charge on any atom is 0.339 e. The van der Waals surface area contributed by atoms with Gasteiger partial charge in [0, 0.05) is 37.6 Å². The molecule has 1 aliphatic rings. The molecular formula is C22H27NO6. The summed E-state index contributed by atoms with van der Waals surface area (Å²) in [6.07, 6.45) is 1.35. The lowest BCUT2D eigenvalue weighted by molar-refractivity contribution is 0.0594. The van der Waals surface area contributed by atoms with Gasteiger partial charge in [-0.05, 0) is 39.0 Å². The first-order valence-electron chi connectivity index (χ1n) is 9.97. The number of likely N-dealkylation sites (tertiary alicyclic amines) is 1. The Hall–Kier alpha value is -2.96. The lowest BCUT2D eigenvalue weighted by Gasteiger charge is -2.32. The van der Waals surface area contributed by atoms with Crippen molar-refractivity contribution >= 4 is 5.91 Å². The Kier molecular flexibility index (Phi) is 6.80. The Morgan fingerprint density at radius 1 is 1.07 bits per heavy atom. The fourth-order valence-electron chi connectivity index (χ4n) is 3.38. The lowest BCUT2D eigenvalue weighted by Crippen LogP contribution is -2.41. The van der Waals surface area contributed by atoms with Crippen LogP contribution in [-0.2, 0) is 0 Å². The summed E-state index contributed by atoms with van der Waals surface area (Å²) in [4.78, 5) is 26.2. The molecule has 1 aromatic heterocycles. The van der Waals surface area contributed by atoms with Crippen molar-refractivity contribution in [3.8, 4) is 17.2 Å². The number of carbonyl (C=O) groups excluding carboxylic acids is 1. The molecule has 2 heterocycles. The maximum absolute atomic E-state index is 12.9. The van der Waals surface area contributed by atoms with Crippen molar-refractivity contribution in [1.82, 2.24) is 4.90 Å². The van der Waals surface area contributed by atoms with Crippen LogP contribution in [0.1, 0.15) is 42.8 Å². The molecule has 7 heteroatoms. The summed E-state index contributed by atoms with van der Waals surface area (Å²) in [5, 5.41) is 0. The second kappa shape index (κ2) is 9.49. The standard InChI is InChI=1S/C22H27NO6/c1-4-26-19-7-6-16(13-20(19)27-5-2)22(25)23-10-8-17(9-11-23)29-18-12-15(3)28-21(24)14-18/h6-7,12-14,17H,4-5,8-11H2,1-3H3. The number of piperidine rings is 1. The molecule has 0 N–H and O–H groups in total. The quantitative estimate of drug-likeness (QED) is 0.707. The van der Waals surface area contributed by atoms with Crippen LogP contribution >= 0.6 is 0 Å². The number of benzene rings is 1. The van der Waals surface area contributed by atoms with Crippen molar-refractivity contribution in [3.63, 3.8) is 0 Å². The first kappa shape index (κ1) is 20.8. The minimum Gasteiger partial charge on any atom is -0.490 e. The van der Waals surface area contributed by atoms with E-state index in [-0.39, 0.29) is 12.0 Å². The van der Waals surface area contributed by atoms with Crippen LogP contribution in [0, 0.1) is 6.92 Å².